The summed E-state index contributed by atoms with van der Waals surface area (Å²) in [7, 11) is 1.61. The fourth-order valence-corrected chi connectivity index (χ4v) is 2.94. The van der Waals surface area contributed by atoms with Crippen LogP contribution in [-0.4, -0.2) is 36.0 Å². The summed E-state index contributed by atoms with van der Waals surface area (Å²) < 4.78 is 11.8. The number of rotatable bonds is 6. The van der Waals surface area contributed by atoms with E-state index in [1.54, 1.807) is 14.0 Å². The van der Waals surface area contributed by atoms with E-state index in [2.05, 4.69) is 22.6 Å². The molecule has 2 rings (SSSR count). The maximum atomic E-state index is 12.5. The van der Waals surface area contributed by atoms with Crippen molar-refractivity contribution in [2.24, 2.45) is 5.92 Å². The van der Waals surface area contributed by atoms with E-state index in [1.807, 2.05) is 44.2 Å². The average molecular weight is 443 g/mol. The van der Waals surface area contributed by atoms with Gasteiger partial charge >= 0.3 is 0 Å². The van der Waals surface area contributed by atoms with E-state index in [0.717, 1.165) is 14.9 Å². The predicted octanol–water partition coefficient (Wildman–Crippen LogP) is 3.31. The second kappa shape index (κ2) is 8.11. The van der Waals surface area contributed by atoms with Crippen LogP contribution in [0.4, 0.5) is 0 Å². The third-order valence-corrected chi connectivity index (χ3v) is 4.44. The van der Waals surface area contributed by atoms with Crippen LogP contribution in [0.25, 0.3) is 0 Å². The van der Waals surface area contributed by atoms with Crippen LogP contribution in [0, 0.1) is 5.92 Å². The smallest absolute Gasteiger partial charge is 0.258 e. The number of amides is 2. The van der Waals surface area contributed by atoms with Gasteiger partial charge in [0.25, 0.3) is 5.91 Å². The molecule has 24 heavy (non-hydrogen) atoms. The highest BCUT2D eigenvalue weighted by atomic mass is 127. The molecule has 0 N–H and O–H groups in total. The van der Waals surface area contributed by atoms with E-state index in [0.29, 0.717) is 6.61 Å². The number of allylic oxidation sites excluding steroid dienone is 1. The zero-order valence-corrected chi connectivity index (χ0v) is 16.4. The number of halogens is 1. The molecule has 0 aliphatic carbocycles. The number of methoxy groups -OCH3 is 1. The number of benzene rings is 1. The molecule has 1 saturated heterocycles. The second-order valence-electron chi connectivity index (χ2n) is 5.88. The molecule has 1 aromatic carbocycles. The Bertz CT molecular complexity index is 637. The van der Waals surface area contributed by atoms with Crippen molar-refractivity contribution in [1.29, 1.82) is 0 Å². The summed E-state index contributed by atoms with van der Waals surface area (Å²) in [6, 6.07) is 7.29. The number of carbonyl (C=O) groups excluding carboxylic acids is 2. The zero-order valence-electron chi connectivity index (χ0n) is 14.3. The summed E-state index contributed by atoms with van der Waals surface area (Å²) in [6.07, 6.45) is 1.27. The second-order valence-corrected chi connectivity index (χ2v) is 7.58. The van der Waals surface area contributed by atoms with Crippen LogP contribution in [-0.2, 0) is 20.9 Å². The summed E-state index contributed by atoms with van der Waals surface area (Å²) in [5.41, 5.74) is 0.943. The van der Waals surface area contributed by atoms with E-state index in [9.17, 15) is 9.59 Å². The molecule has 1 heterocycles. The average Bonchev–Trinajstić information content (AvgIpc) is 2.58. The molecule has 0 saturated carbocycles. The van der Waals surface area contributed by atoms with Gasteiger partial charge in [-0.1, -0.05) is 25.1 Å². The molecule has 6 heteroatoms. The molecule has 0 bridgehead atoms. The summed E-state index contributed by atoms with van der Waals surface area (Å²) in [4.78, 5) is 25.9. The van der Waals surface area contributed by atoms with E-state index in [1.165, 1.54) is 4.90 Å². The molecule has 0 unspecified atom stereocenters. The fourth-order valence-electron chi connectivity index (χ4n) is 2.57. The van der Waals surface area contributed by atoms with Gasteiger partial charge in [-0.2, -0.15) is 0 Å². The summed E-state index contributed by atoms with van der Waals surface area (Å²) in [6.45, 7) is 5.78. The lowest BCUT2D eigenvalue weighted by atomic mass is 9.88. The van der Waals surface area contributed by atoms with Crippen molar-refractivity contribution in [2.75, 3.05) is 7.11 Å². The number of imide groups is 1. The van der Waals surface area contributed by atoms with Crippen LogP contribution in [0.5, 0.6) is 5.75 Å². The Hall–Kier alpha value is -1.41. The van der Waals surface area contributed by atoms with E-state index < -0.39 is 6.10 Å². The SMILES string of the molecule is COc1ccc(CO[C@@H](C)C(=O)N2C(=O)[C@H](C)[C@H]2/C=C(\C)I)cc1. The van der Waals surface area contributed by atoms with Crippen LogP contribution < -0.4 is 4.74 Å². The number of hydrogen-bond donors (Lipinski definition) is 0. The quantitative estimate of drug-likeness (QED) is 0.500. The topological polar surface area (TPSA) is 55.8 Å². The molecule has 0 spiro atoms. The molecule has 130 valence electrons. The maximum absolute atomic E-state index is 12.5. The number of nitrogens with zero attached hydrogens (tertiary/aromatic N) is 1. The van der Waals surface area contributed by atoms with E-state index in [-0.39, 0.29) is 23.8 Å². The van der Waals surface area contributed by atoms with E-state index >= 15 is 0 Å². The lowest BCUT2D eigenvalue weighted by molar-refractivity contribution is -0.168. The van der Waals surface area contributed by atoms with Gasteiger partial charge in [0.2, 0.25) is 5.91 Å². The van der Waals surface area contributed by atoms with Crippen LogP contribution >= 0.6 is 22.6 Å². The first-order valence-corrected chi connectivity index (χ1v) is 8.88. The molecule has 3 atom stereocenters. The Labute approximate surface area is 156 Å². The first kappa shape index (κ1) is 18.9. The van der Waals surface area contributed by atoms with Crippen molar-refractivity contribution < 1.29 is 19.1 Å². The molecule has 1 aromatic rings. The molecule has 1 fully saturated rings. The molecule has 0 radical (unpaired) electrons. The van der Waals surface area contributed by atoms with E-state index in [4.69, 9.17) is 9.47 Å². The van der Waals surface area contributed by atoms with Crippen molar-refractivity contribution in [3.05, 3.63) is 39.5 Å². The molecule has 1 aliphatic heterocycles. The van der Waals surface area contributed by atoms with Crippen molar-refractivity contribution in [1.82, 2.24) is 4.90 Å². The van der Waals surface area contributed by atoms with Gasteiger partial charge in [0.15, 0.2) is 0 Å². The minimum Gasteiger partial charge on any atom is -0.497 e. The molecular weight excluding hydrogens is 421 g/mol. The highest BCUT2D eigenvalue weighted by Crippen LogP contribution is 2.30. The van der Waals surface area contributed by atoms with Gasteiger partial charge in [-0.3, -0.25) is 14.5 Å². The van der Waals surface area contributed by atoms with Crippen molar-refractivity contribution in [3.8, 4) is 5.75 Å². The molecular formula is C18H22INO4. The van der Waals surface area contributed by atoms with Gasteiger partial charge in [-0.25, -0.2) is 0 Å². The number of carbonyl (C=O) groups is 2. The van der Waals surface area contributed by atoms with Gasteiger partial charge in [0, 0.05) is 0 Å². The first-order valence-electron chi connectivity index (χ1n) is 7.80. The van der Waals surface area contributed by atoms with Crippen LogP contribution in [0.2, 0.25) is 0 Å². The number of hydrogen-bond acceptors (Lipinski definition) is 4. The predicted molar refractivity (Wildman–Crippen MR) is 99.8 cm³/mol. The van der Waals surface area contributed by atoms with Crippen molar-refractivity contribution in [2.45, 2.75) is 39.5 Å². The molecule has 1 aliphatic rings. The Kier molecular flexibility index (Phi) is 6.40. The number of ether oxygens (including phenoxy) is 2. The largest absolute Gasteiger partial charge is 0.497 e. The first-order chi connectivity index (χ1) is 11.3. The summed E-state index contributed by atoms with van der Waals surface area (Å²) in [5, 5.41) is 0. The Balaban J connectivity index is 1.95. The zero-order chi connectivity index (χ0) is 17.9. The Morgan fingerprint density at radius 1 is 1.38 bits per heavy atom. The van der Waals surface area contributed by atoms with Crippen LogP contribution in [0.15, 0.2) is 33.9 Å². The summed E-state index contributed by atoms with van der Waals surface area (Å²) in [5.74, 6) is 0.184. The molecule has 5 nitrogen and oxygen atoms in total. The van der Waals surface area contributed by atoms with Gasteiger partial charge in [-0.15, -0.1) is 0 Å². The molecule has 2 amide bonds. The standard InChI is InChI=1S/C18H22INO4/c1-11(19)9-16-12(2)17(21)20(16)18(22)13(3)24-10-14-5-7-15(23-4)8-6-14/h5-9,12-13,16H,10H2,1-4H3/b11-9+/t12-,13+,16-/m1/s1. The monoisotopic (exact) mass is 443 g/mol. The normalized spacial score (nSPS) is 22.1. The number of likely N-dealkylation sites (tertiary alicyclic amines) is 1. The minimum absolute atomic E-state index is 0.140. The Morgan fingerprint density at radius 2 is 2.00 bits per heavy atom. The van der Waals surface area contributed by atoms with Gasteiger partial charge in [-0.05, 0) is 57.7 Å². The third kappa shape index (κ3) is 4.16. The van der Waals surface area contributed by atoms with Crippen molar-refractivity contribution >= 4 is 34.4 Å². The molecule has 0 aromatic heterocycles. The maximum Gasteiger partial charge on any atom is 0.258 e. The van der Waals surface area contributed by atoms with Crippen LogP contribution in [0.1, 0.15) is 26.3 Å². The van der Waals surface area contributed by atoms with Gasteiger partial charge < -0.3 is 9.47 Å². The minimum atomic E-state index is -0.672. The van der Waals surface area contributed by atoms with Crippen molar-refractivity contribution in [3.63, 3.8) is 0 Å². The lowest BCUT2D eigenvalue weighted by Crippen LogP contribution is -2.63. The van der Waals surface area contributed by atoms with Gasteiger partial charge in [0.1, 0.15) is 11.9 Å². The summed E-state index contributed by atoms with van der Waals surface area (Å²) >= 11 is 2.18. The highest BCUT2D eigenvalue weighted by molar-refractivity contribution is 14.1. The Morgan fingerprint density at radius 3 is 2.54 bits per heavy atom. The fraction of sp³-hybridized carbons (Fsp3) is 0.444. The van der Waals surface area contributed by atoms with Gasteiger partial charge in [0.05, 0.1) is 25.7 Å². The third-order valence-electron chi connectivity index (χ3n) is 4.08. The number of β-lactam (4-membered cyclic amide) rings is 1. The lowest BCUT2D eigenvalue weighted by Gasteiger charge is -2.43. The highest BCUT2D eigenvalue weighted by Gasteiger charge is 2.47. The van der Waals surface area contributed by atoms with Crippen LogP contribution in [0.3, 0.4) is 0 Å².